The van der Waals surface area contributed by atoms with Crippen LogP contribution in [-0.4, -0.2) is 31.6 Å². The molecule has 0 saturated heterocycles. The maximum Gasteiger partial charge on any atom is 0.379 e. The van der Waals surface area contributed by atoms with Crippen LogP contribution >= 0.6 is 0 Å². The smallest absolute Gasteiger partial charge is 0.379 e. The molecule has 0 amide bonds. The molecule has 19 heavy (non-hydrogen) atoms. The minimum atomic E-state index is -0.883. The van der Waals surface area contributed by atoms with Gasteiger partial charge in [0, 0.05) is 11.6 Å². The van der Waals surface area contributed by atoms with Crippen LogP contribution in [-0.2, 0) is 9.53 Å². The lowest BCUT2D eigenvalue weighted by atomic mass is 10.1. The summed E-state index contributed by atoms with van der Waals surface area (Å²) in [6.07, 6.45) is -0.0438. The molecule has 0 heterocycles. The number of hydrogen-bond donors (Lipinski definition) is 0. The van der Waals surface area contributed by atoms with Crippen molar-refractivity contribution < 1.29 is 23.8 Å². The number of carbonyl (C=O) groups excluding carboxylic acids is 2. The lowest BCUT2D eigenvalue weighted by Gasteiger charge is -2.12. The van der Waals surface area contributed by atoms with Gasteiger partial charge in [-0.3, -0.25) is 4.79 Å². The zero-order valence-corrected chi connectivity index (χ0v) is 11.6. The van der Waals surface area contributed by atoms with Crippen molar-refractivity contribution in [1.82, 2.24) is 0 Å². The van der Waals surface area contributed by atoms with E-state index in [1.54, 1.807) is 13.0 Å². The SMILES string of the molecule is CCOC(=O)C(=O)c1cc(OC)cc(OC(C)C)c1. The van der Waals surface area contributed by atoms with Gasteiger partial charge in [0.1, 0.15) is 11.5 Å². The Balaban J connectivity index is 3.05. The van der Waals surface area contributed by atoms with Gasteiger partial charge < -0.3 is 14.2 Å². The van der Waals surface area contributed by atoms with E-state index in [0.29, 0.717) is 11.5 Å². The van der Waals surface area contributed by atoms with Crippen LogP contribution in [0.15, 0.2) is 18.2 Å². The molecule has 0 bridgehead atoms. The van der Waals surface area contributed by atoms with Crippen molar-refractivity contribution in [1.29, 1.82) is 0 Å². The van der Waals surface area contributed by atoms with Crippen molar-refractivity contribution in [2.24, 2.45) is 0 Å². The normalized spacial score (nSPS) is 10.2. The summed E-state index contributed by atoms with van der Waals surface area (Å²) >= 11 is 0. The van der Waals surface area contributed by atoms with E-state index in [4.69, 9.17) is 9.47 Å². The Bertz CT molecular complexity index is 465. The summed E-state index contributed by atoms with van der Waals surface area (Å²) in [5.41, 5.74) is 0.188. The predicted molar refractivity (Wildman–Crippen MR) is 69.7 cm³/mol. The van der Waals surface area contributed by atoms with Gasteiger partial charge in [-0.1, -0.05) is 0 Å². The zero-order chi connectivity index (χ0) is 14.4. The molecular weight excluding hydrogens is 248 g/mol. The van der Waals surface area contributed by atoms with Crippen LogP contribution in [0, 0.1) is 0 Å². The van der Waals surface area contributed by atoms with Gasteiger partial charge in [-0.25, -0.2) is 4.79 Å². The summed E-state index contributed by atoms with van der Waals surface area (Å²) in [5, 5.41) is 0. The summed E-state index contributed by atoms with van der Waals surface area (Å²) < 4.78 is 15.3. The van der Waals surface area contributed by atoms with E-state index in [0.717, 1.165) is 0 Å². The number of carbonyl (C=O) groups is 2. The number of ether oxygens (including phenoxy) is 3. The van der Waals surface area contributed by atoms with E-state index >= 15 is 0 Å². The quantitative estimate of drug-likeness (QED) is 0.449. The zero-order valence-electron chi connectivity index (χ0n) is 11.6. The van der Waals surface area contributed by atoms with E-state index in [9.17, 15) is 9.59 Å². The average molecular weight is 266 g/mol. The lowest BCUT2D eigenvalue weighted by molar-refractivity contribution is -0.137. The van der Waals surface area contributed by atoms with Crippen LogP contribution in [0.1, 0.15) is 31.1 Å². The molecule has 0 radical (unpaired) electrons. The Morgan fingerprint density at radius 3 is 2.32 bits per heavy atom. The van der Waals surface area contributed by atoms with Gasteiger partial charge in [-0.05, 0) is 32.9 Å². The monoisotopic (exact) mass is 266 g/mol. The summed E-state index contributed by atoms with van der Waals surface area (Å²) in [4.78, 5) is 23.3. The molecule has 1 aromatic rings. The van der Waals surface area contributed by atoms with Crippen molar-refractivity contribution >= 4 is 11.8 Å². The summed E-state index contributed by atoms with van der Waals surface area (Å²) in [7, 11) is 1.48. The predicted octanol–water partition coefficient (Wildman–Crippen LogP) is 2.23. The van der Waals surface area contributed by atoms with E-state index in [1.807, 2.05) is 13.8 Å². The summed E-state index contributed by atoms with van der Waals surface area (Å²) in [6.45, 7) is 5.53. The number of hydrogen-bond acceptors (Lipinski definition) is 5. The first-order valence-corrected chi connectivity index (χ1v) is 6.05. The molecule has 0 aliphatic carbocycles. The molecule has 0 fully saturated rings. The summed E-state index contributed by atoms with van der Waals surface area (Å²) in [5.74, 6) is -0.673. The molecule has 0 N–H and O–H groups in total. The Morgan fingerprint density at radius 2 is 1.79 bits per heavy atom. The molecule has 5 heteroatoms. The standard InChI is InChI=1S/C14H18O5/c1-5-18-14(16)13(15)10-6-11(17-4)8-12(7-10)19-9(2)3/h6-9H,5H2,1-4H3. The van der Waals surface area contributed by atoms with Crippen molar-refractivity contribution in [3.63, 3.8) is 0 Å². The Morgan fingerprint density at radius 1 is 1.16 bits per heavy atom. The van der Waals surface area contributed by atoms with E-state index in [-0.39, 0.29) is 18.3 Å². The number of ketones is 1. The maximum absolute atomic E-state index is 11.9. The molecule has 104 valence electrons. The summed E-state index contributed by atoms with van der Waals surface area (Å²) in [6, 6.07) is 4.64. The number of Topliss-reactive ketones (excluding diaryl/α,β-unsaturated/α-hetero) is 1. The molecule has 0 aromatic heterocycles. The van der Waals surface area contributed by atoms with E-state index in [2.05, 4.69) is 4.74 Å². The topological polar surface area (TPSA) is 61.8 Å². The second-order valence-corrected chi connectivity index (χ2v) is 4.11. The van der Waals surface area contributed by atoms with Gasteiger partial charge >= 0.3 is 5.97 Å². The third-order valence-electron chi connectivity index (χ3n) is 2.21. The molecule has 0 unspecified atom stereocenters. The van der Waals surface area contributed by atoms with Gasteiger partial charge in [-0.15, -0.1) is 0 Å². The lowest BCUT2D eigenvalue weighted by Crippen LogP contribution is -2.18. The Hall–Kier alpha value is -2.04. The molecule has 1 rings (SSSR count). The molecule has 0 atom stereocenters. The Labute approximate surface area is 112 Å². The average Bonchev–Trinajstić information content (AvgIpc) is 2.36. The van der Waals surface area contributed by atoms with Crippen LogP contribution in [0.2, 0.25) is 0 Å². The highest BCUT2D eigenvalue weighted by atomic mass is 16.5. The van der Waals surface area contributed by atoms with E-state index < -0.39 is 11.8 Å². The minimum absolute atomic E-state index is 0.0438. The largest absolute Gasteiger partial charge is 0.497 e. The first-order chi connectivity index (χ1) is 8.97. The van der Waals surface area contributed by atoms with Crippen LogP contribution in [0.3, 0.4) is 0 Å². The molecule has 0 aliphatic heterocycles. The van der Waals surface area contributed by atoms with Crippen molar-refractivity contribution in [3.8, 4) is 11.5 Å². The van der Waals surface area contributed by atoms with Gasteiger partial charge in [0.2, 0.25) is 0 Å². The highest BCUT2D eigenvalue weighted by Crippen LogP contribution is 2.24. The third-order valence-corrected chi connectivity index (χ3v) is 2.21. The molecule has 0 spiro atoms. The van der Waals surface area contributed by atoms with Crippen LogP contribution in [0.5, 0.6) is 11.5 Å². The van der Waals surface area contributed by atoms with Crippen LogP contribution in [0.25, 0.3) is 0 Å². The van der Waals surface area contributed by atoms with Crippen molar-refractivity contribution in [2.75, 3.05) is 13.7 Å². The molecular formula is C14H18O5. The fraction of sp³-hybridized carbons (Fsp3) is 0.429. The van der Waals surface area contributed by atoms with Gasteiger partial charge in [-0.2, -0.15) is 0 Å². The maximum atomic E-state index is 11.9. The number of methoxy groups -OCH3 is 1. The highest BCUT2D eigenvalue weighted by Gasteiger charge is 2.19. The van der Waals surface area contributed by atoms with Crippen molar-refractivity contribution in [3.05, 3.63) is 23.8 Å². The molecule has 1 aromatic carbocycles. The van der Waals surface area contributed by atoms with Gasteiger partial charge in [0.25, 0.3) is 5.78 Å². The fourth-order valence-electron chi connectivity index (χ4n) is 1.48. The first-order valence-electron chi connectivity index (χ1n) is 6.05. The minimum Gasteiger partial charge on any atom is -0.497 e. The van der Waals surface area contributed by atoms with Gasteiger partial charge in [0.05, 0.1) is 19.8 Å². The second kappa shape index (κ2) is 6.78. The van der Waals surface area contributed by atoms with Crippen LogP contribution < -0.4 is 9.47 Å². The molecule has 5 nitrogen and oxygen atoms in total. The number of benzene rings is 1. The highest BCUT2D eigenvalue weighted by molar-refractivity contribution is 6.40. The van der Waals surface area contributed by atoms with E-state index in [1.165, 1.54) is 19.2 Å². The fourth-order valence-corrected chi connectivity index (χ4v) is 1.48. The molecule has 0 saturated carbocycles. The molecule has 0 aliphatic rings. The third kappa shape index (κ3) is 4.28. The second-order valence-electron chi connectivity index (χ2n) is 4.11. The van der Waals surface area contributed by atoms with Crippen LogP contribution in [0.4, 0.5) is 0 Å². The number of esters is 1. The Kier molecular flexibility index (Phi) is 5.36. The van der Waals surface area contributed by atoms with Crippen molar-refractivity contribution in [2.45, 2.75) is 26.9 Å². The number of rotatable bonds is 6. The first kappa shape index (κ1) is 15.0. The van der Waals surface area contributed by atoms with Gasteiger partial charge in [0.15, 0.2) is 0 Å².